The van der Waals surface area contributed by atoms with Crippen LogP contribution in [0, 0.1) is 6.92 Å². The van der Waals surface area contributed by atoms with E-state index in [1.165, 1.54) is 25.7 Å². The maximum Gasteiger partial charge on any atom is 0.0875 e. The van der Waals surface area contributed by atoms with Gasteiger partial charge in [-0.25, -0.2) is 0 Å². The first kappa shape index (κ1) is 10.8. The van der Waals surface area contributed by atoms with Crippen LogP contribution in [-0.2, 0) is 0 Å². The summed E-state index contributed by atoms with van der Waals surface area (Å²) in [6, 6.07) is 0. The van der Waals surface area contributed by atoms with Crippen LogP contribution in [0.2, 0.25) is 0 Å². The topological polar surface area (TPSA) is 20.2 Å². The Labute approximate surface area is 70.8 Å². The van der Waals surface area contributed by atoms with Crippen LogP contribution in [0.25, 0.3) is 0 Å². The van der Waals surface area contributed by atoms with E-state index in [1.54, 1.807) is 0 Å². The molecule has 0 bridgehead atoms. The highest BCUT2D eigenvalue weighted by Gasteiger charge is 2.02. The van der Waals surface area contributed by atoms with E-state index >= 15 is 0 Å². The van der Waals surface area contributed by atoms with Crippen LogP contribution in [0.15, 0.2) is 0 Å². The SMILES string of the molecule is [CH2+]CCC(O)CCCCCC. The van der Waals surface area contributed by atoms with Gasteiger partial charge >= 0.3 is 0 Å². The molecule has 0 aliphatic rings. The van der Waals surface area contributed by atoms with Gasteiger partial charge in [-0.05, 0) is 6.42 Å². The Morgan fingerprint density at radius 2 is 1.91 bits per heavy atom. The van der Waals surface area contributed by atoms with E-state index < -0.39 is 0 Å². The third kappa shape index (κ3) is 7.73. The molecule has 0 aromatic rings. The predicted octanol–water partition coefficient (Wildman–Crippen LogP) is 2.93. The number of aliphatic hydroxyl groups is 1. The Morgan fingerprint density at radius 3 is 2.45 bits per heavy atom. The first-order valence-corrected chi connectivity index (χ1v) is 4.78. The third-order valence-corrected chi connectivity index (χ3v) is 1.93. The van der Waals surface area contributed by atoms with E-state index in [4.69, 9.17) is 0 Å². The summed E-state index contributed by atoms with van der Waals surface area (Å²) in [5.74, 6) is 0. The molecule has 0 radical (unpaired) electrons. The van der Waals surface area contributed by atoms with Crippen LogP contribution in [0.4, 0.5) is 0 Å². The summed E-state index contributed by atoms with van der Waals surface area (Å²) in [4.78, 5) is 0. The van der Waals surface area contributed by atoms with Gasteiger partial charge in [0.05, 0.1) is 19.4 Å². The van der Waals surface area contributed by atoms with E-state index in [2.05, 4.69) is 13.8 Å². The van der Waals surface area contributed by atoms with Gasteiger partial charge in [0.1, 0.15) is 0 Å². The third-order valence-electron chi connectivity index (χ3n) is 1.93. The summed E-state index contributed by atoms with van der Waals surface area (Å²) in [5.41, 5.74) is 0. The van der Waals surface area contributed by atoms with Crippen molar-refractivity contribution in [3.63, 3.8) is 0 Å². The molecule has 0 fully saturated rings. The number of aliphatic hydroxyl groups excluding tert-OH is 1. The van der Waals surface area contributed by atoms with Crippen LogP contribution >= 0.6 is 0 Å². The average molecular weight is 157 g/mol. The molecule has 0 aliphatic heterocycles. The van der Waals surface area contributed by atoms with Crippen LogP contribution < -0.4 is 0 Å². The Kier molecular flexibility index (Phi) is 7.81. The van der Waals surface area contributed by atoms with Crippen molar-refractivity contribution in [1.82, 2.24) is 0 Å². The highest BCUT2D eigenvalue weighted by atomic mass is 16.3. The van der Waals surface area contributed by atoms with E-state index in [0.717, 1.165) is 19.3 Å². The Bertz CT molecular complexity index is 71.3. The molecular formula is C10H21O+. The second-order valence-corrected chi connectivity index (χ2v) is 3.15. The molecule has 0 aliphatic carbocycles. The van der Waals surface area contributed by atoms with E-state index in [9.17, 15) is 5.11 Å². The number of rotatable bonds is 7. The molecule has 0 spiro atoms. The van der Waals surface area contributed by atoms with Gasteiger partial charge in [-0.3, -0.25) is 0 Å². The fraction of sp³-hybridized carbons (Fsp3) is 0.900. The van der Waals surface area contributed by atoms with Crippen molar-refractivity contribution in [2.45, 2.75) is 58.0 Å². The lowest BCUT2D eigenvalue weighted by Crippen LogP contribution is -2.04. The van der Waals surface area contributed by atoms with Gasteiger partial charge in [0.15, 0.2) is 0 Å². The van der Waals surface area contributed by atoms with Crippen molar-refractivity contribution in [1.29, 1.82) is 0 Å². The van der Waals surface area contributed by atoms with Gasteiger partial charge < -0.3 is 5.11 Å². The van der Waals surface area contributed by atoms with Crippen LogP contribution in [0.1, 0.15) is 51.9 Å². The van der Waals surface area contributed by atoms with Crippen molar-refractivity contribution in [3.05, 3.63) is 6.92 Å². The zero-order valence-electron chi connectivity index (χ0n) is 7.68. The number of unbranched alkanes of at least 4 members (excludes halogenated alkanes) is 3. The highest BCUT2D eigenvalue weighted by molar-refractivity contribution is 4.56. The van der Waals surface area contributed by atoms with Crippen molar-refractivity contribution >= 4 is 0 Å². The fourth-order valence-electron chi connectivity index (χ4n) is 1.19. The fourth-order valence-corrected chi connectivity index (χ4v) is 1.19. The summed E-state index contributed by atoms with van der Waals surface area (Å²) < 4.78 is 0. The lowest BCUT2D eigenvalue weighted by Gasteiger charge is -2.05. The smallest absolute Gasteiger partial charge is 0.0875 e. The maximum atomic E-state index is 9.31. The molecule has 0 saturated carbocycles. The van der Waals surface area contributed by atoms with E-state index in [0.29, 0.717) is 0 Å². The molecule has 1 atom stereocenters. The minimum atomic E-state index is -0.0932. The normalized spacial score (nSPS) is 13.3. The van der Waals surface area contributed by atoms with Gasteiger partial charge in [-0.1, -0.05) is 32.6 Å². The highest BCUT2D eigenvalue weighted by Crippen LogP contribution is 2.08. The minimum absolute atomic E-state index is 0.0932. The predicted molar refractivity (Wildman–Crippen MR) is 49.4 cm³/mol. The lowest BCUT2D eigenvalue weighted by molar-refractivity contribution is 0.152. The van der Waals surface area contributed by atoms with Gasteiger partial charge in [0.25, 0.3) is 0 Å². The molecule has 0 aromatic carbocycles. The lowest BCUT2D eigenvalue weighted by atomic mass is 10.1. The summed E-state index contributed by atoms with van der Waals surface area (Å²) in [6.07, 6.45) is 7.61. The van der Waals surface area contributed by atoms with Crippen LogP contribution in [0.3, 0.4) is 0 Å². The monoisotopic (exact) mass is 157 g/mol. The minimum Gasteiger partial charge on any atom is -0.393 e. The second kappa shape index (κ2) is 7.93. The molecule has 0 amide bonds. The first-order valence-electron chi connectivity index (χ1n) is 4.78. The Balaban J connectivity index is 2.97. The molecule has 0 heterocycles. The second-order valence-electron chi connectivity index (χ2n) is 3.15. The molecule has 1 N–H and O–H groups in total. The summed E-state index contributed by atoms with van der Waals surface area (Å²) in [6.45, 7) is 5.91. The van der Waals surface area contributed by atoms with E-state index in [1.807, 2.05) is 0 Å². The van der Waals surface area contributed by atoms with Gasteiger partial charge in [0.2, 0.25) is 0 Å². The molecule has 1 heteroatoms. The van der Waals surface area contributed by atoms with Crippen molar-refractivity contribution < 1.29 is 5.11 Å². The quantitative estimate of drug-likeness (QED) is 0.445. The number of hydrogen-bond donors (Lipinski definition) is 1. The molecule has 0 rings (SSSR count). The largest absolute Gasteiger partial charge is 0.393 e. The maximum absolute atomic E-state index is 9.31. The standard InChI is InChI=1S/C10H21O/c1-3-5-6-7-9-10(11)8-4-2/h10-11H,2-9H2,1H3/q+1. The molecule has 1 unspecified atom stereocenters. The zero-order valence-corrected chi connectivity index (χ0v) is 7.68. The van der Waals surface area contributed by atoms with Crippen molar-refractivity contribution in [2.75, 3.05) is 0 Å². The van der Waals surface area contributed by atoms with E-state index in [-0.39, 0.29) is 6.10 Å². The molecule has 11 heavy (non-hydrogen) atoms. The first-order chi connectivity index (χ1) is 5.31. The summed E-state index contributed by atoms with van der Waals surface area (Å²) in [5, 5.41) is 9.31. The molecule has 0 saturated heterocycles. The van der Waals surface area contributed by atoms with Gasteiger partial charge in [-0.2, -0.15) is 0 Å². The zero-order chi connectivity index (χ0) is 8.53. The summed E-state index contributed by atoms with van der Waals surface area (Å²) >= 11 is 0. The summed E-state index contributed by atoms with van der Waals surface area (Å²) in [7, 11) is 0. The van der Waals surface area contributed by atoms with Gasteiger partial charge in [0, 0.05) is 6.42 Å². The van der Waals surface area contributed by atoms with Crippen LogP contribution in [-0.4, -0.2) is 11.2 Å². The average Bonchev–Trinajstić information content (AvgIpc) is 1.99. The molecule has 0 aromatic heterocycles. The van der Waals surface area contributed by atoms with Crippen molar-refractivity contribution in [2.24, 2.45) is 0 Å². The molecule has 1 nitrogen and oxygen atoms in total. The van der Waals surface area contributed by atoms with Gasteiger partial charge in [-0.15, -0.1) is 0 Å². The molecular weight excluding hydrogens is 136 g/mol. The Morgan fingerprint density at radius 1 is 1.18 bits per heavy atom. The van der Waals surface area contributed by atoms with Crippen molar-refractivity contribution in [3.8, 4) is 0 Å². The Hall–Kier alpha value is -0.170. The number of hydrogen-bond acceptors (Lipinski definition) is 1. The molecule has 66 valence electrons. The van der Waals surface area contributed by atoms with Crippen LogP contribution in [0.5, 0.6) is 0 Å².